The van der Waals surface area contributed by atoms with Gasteiger partial charge in [-0.2, -0.15) is 0 Å². The maximum absolute atomic E-state index is 13.7. The summed E-state index contributed by atoms with van der Waals surface area (Å²) in [5.41, 5.74) is 0.834. The predicted molar refractivity (Wildman–Crippen MR) is 67.7 cm³/mol. The number of fused-ring (bicyclic) bond motifs is 1. The van der Waals surface area contributed by atoms with Crippen LogP contribution in [0.5, 0.6) is 0 Å². The van der Waals surface area contributed by atoms with Crippen LogP contribution in [0.15, 0.2) is 42.7 Å². The molecule has 0 amide bonds. The van der Waals surface area contributed by atoms with Gasteiger partial charge >= 0.3 is 0 Å². The Morgan fingerprint density at radius 3 is 2.56 bits per heavy atom. The minimum atomic E-state index is -0.431. The summed E-state index contributed by atoms with van der Waals surface area (Å²) in [4.78, 5) is 3.72. The highest BCUT2D eigenvalue weighted by Gasteiger charge is 2.12. The quantitative estimate of drug-likeness (QED) is 0.671. The number of hydrogen-bond acceptors (Lipinski definition) is 3. The molecule has 0 saturated carbocycles. The van der Waals surface area contributed by atoms with E-state index in [1.807, 2.05) is 24.3 Å². The first-order valence-corrected chi connectivity index (χ1v) is 5.66. The summed E-state index contributed by atoms with van der Waals surface area (Å²) in [6.07, 6.45) is 2.67. The normalized spacial score (nSPS) is 10.8. The van der Waals surface area contributed by atoms with Gasteiger partial charge in [0.05, 0.1) is 6.20 Å². The first-order valence-electron chi connectivity index (χ1n) is 5.28. The highest BCUT2D eigenvalue weighted by Crippen LogP contribution is 2.30. The number of hydrogen-bond donors (Lipinski definition) is 0. The van der Waals surface area contributed by atoms with Crippen LogP contribution in [0.3, 0.4) is 0 Å². The van der Waals surface area contributed by atoms with Crippen LogP contribution in [0.2, 0.25) is 5.15 Å². The molecule has 0 aliphatic carbocycles. The summed E-state index contributed by atoms with van der Waals surface area (Å²) in [5.74, 6) is -0.431. The Hall–Kier alpha value is -2.07. The summed E-state index contributed by atoms with van der Waals surface area (Å²) in [5, 5.41) is 9.67. The molecule has 18 heavy (non-hydrogen) atoms. The van der Waals surface area contributed by atoms with E-state index in [0.717, 1.165) is 17.0 Å². The van der Waals surface area contributed by atoms with Gasteiger partial charge in [0.2, 0.25) is 0 Å². The molecule has 0 unspecified atom stereocenters. The van der Waals surface area contributed by atoms with E-state index in [2.05, 4.69) is 15.2 Å². The van der Waals surface area contributed by atoms with Gasteiger partial charge < -0.3 is 0 Å². The molecule has 3 nitrogen and oxygen atoms in total. The summed E-state index contributed by atoms with van der Waals surface area (Å²) in [7, 11) is 0. The van der Waals surface area contributed by atoms with Gasteiger partial charge in [0, 0.05) is 22.5 Å². The molecule has 5 heteroatoms. The second-order valence-electron chi connectivity index (χ2n) is 3.74. The summed E-state index contributed by atoms with van der Waals surface area (Å²) in [6, 6.07) is 8.94. The van der Waals surface area contributed by atoms with Crippen molar-refractivity contribution in [2.24, 2.45) is 0 Å². The Morgan fingerprint density at radius 2 is 1.78 bits per heavy atom. The fourth-order valence-electron chi connectivity index (χ4n) is 1.84. The molecule has 0 bridgehead atoms. The molecule has 0 saturated heterocycles. The van der Waals surface area contributed by atoms with Crippen LogP contribution < -0.4 is 0 Å². The van der Waals surface area contributed by atoms with E-state index in [1.54, 1.807) is 6.07 Å². The fraction of sp³-hybridized carbons (Fsp3) is 0. The van der Waals surface area contributed by atoms with Crippen molar-refractivity contribution in [3.63, 3.8) is 0 Å². The van der Waals surface area contributed by atoms with E-state index < -0.39 is 5.82 Å². The number of nitrogens with zero attached hydrogens (tertiary/aromatic N) is 3. The number of benzene rings is 1. The van der Waals surface area contributed by atoms with Gasteiger partial charge in [-0.25, -0.2) is 4.39 Å². The minimum Gasteiger partial charge on any atom is -0.262 e. The Labute approximate surface area is 107 Å². The Bertz CT molecular complexity index is 730. The lowest BCUT2D eigenvalue weighted by molar-refractivity contribution is 0.624. The molecule has 3 rings (SSSR count). The Balaban J connectivity index is 2.38. The monoisotopic (exact) mass is 259 g/mol. The van der Waals surface area contributed by atoms with Gasteiger partial charge in [0.25, 0.3) is 0 Å². The van der Waals surface area contributed by atoms with Crippen molar-refractivity contribution in [1.29, 1.82) is 0 Å². The standard InChI is InChI=1S/C13H7ClFN3/c14-13-9-4-2-1-3-8(9)12(17-18-13)10-5-6-16-7-11(10)15/h1-7H. The molecule has 2 heterocycles. The molecule has 0 fully saturated rings. The van der Waals surface area contributed by atoms with E-state index in [0.29, 0.717) is 16.4 Å². The third kappa shape index (κ3) is 1.71. The highest BCUT2D eigenvalue weighted by molar-refractivity contribution is 6.34. The lowest BCUT2D eigenvalue weighted by atomic mass is 10.1. The maximum Gasteiger partial charge on any atom is 0.159 e. The zero-order valence-electron chi connectivity index (χ0n) is 9.14. The Kier molecular flexibility index (Phi) is 2.64. The van der Waals surface area contributed by atoms with Crippen LogP contribution in [-0.4, -0.2) is 15.2 Å². The van der Waals surface area contributed by atoms with Crippen molar-refractivity contribution in [2.75, 3.05) is 0 Å². The van der Waals surface area contributed by atoms with Crippen molar-refractivity contribution in [2.45, 2.75) is 0 Å². The third-order valence-electron chi connectivity index (χ3n) is 2.67. The summed E-state index contributed by atoms with van der Waals surface area (Å²) >= 11 is 5.98. The van der Waals surface area contributed by atoms with Gasteiger partial charge in [-0.15, -0.1) is 10.2 Å². The largest absolute Gasteiger partial charge is 0.262 e. The number of rotatable bonds is 1. The van der Waals surface area contributed by atoms with E-state index in [4.69, 9.17) is 11.6 Å². The van der Waals surface area contributed by atoms with Crippen LogP contribution in [0.25, 0.3) is 22.0 Å². The van der Waals surface area contributed by atoms with Crippen molar-refractivity contribution >= 4 is 22.4 Å². The summed E-state index contributed by atoms with van der Waals surface area (Å²) < 4.78 is 13.7. The van der Waals surface area contributed by atoms with Gasteiger partial charge in [-0.1, -0.05) is 35.9 Å². The second kappa shape index (κ2) is 4.31. The highest BCUT2D eigenvalue weighted by atomic mass is 35.5. The topological polar surface area (TPSA) is 38.7 Å². The third-order valence-corrected chi connectivity index (χ3v) is 2.95. The molecule has 3 aromatic rings. The molecule has 0 aliphatic rings. The summed E-state index contributed by atoms with van der Waals surface area (Å²) in [6.45, 7) is 0. The SMILES string of the molecule is Fc1cnccc1-c1nnc(Cl)c2ccccc12. The lowest BCUT2D eigenvalue weighted by Crippen LogP contribution is -1.94. The first kappa shape index (κ1) is 11.0. The van der Waals surface area contributed by atoms with Crippen LogP contribution >= 0.6 is 11.6 Å². The van der Waals surface area contributed by atoms with Crippen molar-refractivity contribution in [1.82, 2.24) is 15.2 Å². The zero-order chi connectivity index (χ0) is 12.5. The molecule has 0 aliphatic heterocycles. The minimum absolute atomic E-state index is 0.309. The van der Waals surface area contributed by atoms with Crippen LogP contribution in [0, 0.1) is 5.82 Å². The first-order chi connectivity index (χ1) is 8.77. The predicted octanol–water partition coefficient (Wildman–Crippen LogP) is 3.48. The van der Waals surface area contributed by atoms with Gasteiger partial charge in [-0.05, 0) is 6.07 Å². The molecule has 0 N–H and O–H groups in total. The molecule has 2 aromatic heterocycles. The van der Waals surface area contributed by atoms with Crippen molar-refractivity contribution in [3.05, 3.63) is 53.7 Å². The van der Waals surface area contributed by atoms with Crippen LogP contribution in [0.1, 0.15) is 0 Å². The number of halogens is 2. The fourth-order valence-corrected chi connectivity index (χ4v) is 2.04. The molecular weight excluding hydrogens is 253 g/mol. The maximum atomic E-state index is 13.7. The molecule has 88 valence electrons. The second-order valence-corrected chi connectivity index (χ2v) is 4.10. The van der Waals surface area contributed by atoms with Gasteiger partial charge in [0.1, 0.15) is 5.69 Å². The average Bonchev–Trinajstić information content (AvgIpc) is 2.41. The molecule has 0 atom stereocenters. The lowest BCUT2D eigenvalue weighted by Gasteiger charge is -2.06. The van der Waals surface area contributed by atoms with Gasteiger partial charge in [0.15, 0.2) is 11.0 Å². The van der Waals surface area contributed by atoms with Crippen LogP contribution in [-0.2, 0) is 0 Å². The van der Waals surface area contributed by atoms with Crippen molar-refractivity contribution in [3.8, 4) is 11.3 Å². The molecule has 0 spiro atoms. The van der Waals surface area contributed by atoms with Gasteiger partial charge in [-0.3, -0.25) is 4.98 Å². The van der Waals surface area contributed by atoms with E-state index in [1.165, 1.54) is 6.20 Å². The Morgan fingerprint density at radius 1 is 1.00 bits per heavy atom. The van der Waals surface area contributed by atoms with Crippen molar-refractivity contribution < 1.29 is 4.39 Å². The number of aromatic nitrogens is 3. The smallest absolute Gasteiger partial charge is 0.159 e. The van der Waals surface area contributed by atoms with Crippen LogP contribution in [0.4, 0.5) is 4.39 Å². The molecule has 0 radical (unpaired) electrons. The average molecular weight is 260 g/mol. The zero-order valence-corrected chi connectivity index (χ0v) is 9.89. The molecule has 1 aromatic carbocycles. The number of pyridine rings is 1. The van der Waals surface area contributed by atoms with E-state index in [9.17, 15) is 4.39 Å². The molecular formula is C13H7ClFN3. The van der Waals surface area contributed by atoms with E-state index >= 15 is 0 Å². The van der Waals surface area contributed by atoms with E-state index in [-0.39, 0.29) is 0 Å².